The average Bonchev–Trinajstić information content (AvgIpc) is 3.13. The van der Waals surface area contributed by atoms with Gasteiger partial charge in [-0.05, 0) is 45.2 Å². The van der Waals surface area contributed by atoms with Crippen molar-refractivity contribution >= 4 is 28.8 Å². The van der Waals surface area contributed by atoms with Gasteiger partial charge in [-0.25, -0.2) is 4.98 Å². The fraction of sp³-hybridized carbons (Fsp3) is 0.619. The minimum atomic E-state index is -0.124. The summed E-state index contributed by atoms with van der Waals surface area (Å²) >= 11 is 0. The molecule has 1 aliphatic carbocycles. The Morgan fingerprint density at radius 3 is 2.90 bits per heavy atom. The molecule has 1 saturated carbocycles. The molecule has 154 valence electrons. The SMILES string of the molecule is C[C@H]1NCCC[C@H]1C(=O)Nc1ncc2cc3n(c2n1)C1(CCCCC1)CNC3=O. The predicted molar refractivity (Wildman–Crippen MR) is 110 cm³/mol. The monoisotopic (exact) mass is 396 g/mol. The molecule has 3 N–H and O–H groups in total. The highest BCUT2D eigenvalue weighted by molar-refractivity contribution is 5.99. The lowest BCUT2D eigenvalue weighted by atomic mass is 9.80. The van der Waals surface area contributed by atoms with E-state index in [-0.39, 0.29) is 29.3 Å². The molecule has 29 heavy (non-hydrogen) atoms. The van der Waals surface area contributed by atoms with E-state index in [0.717, 1.165) is 56.1 Å². The van der Waals surface area contributed by atoms with E-state index >= 15 is 0 Å². The summed E-state index contributed by atoms with van der Waals surface area (Å²) in [5, 5.41) is 10.2. The lowest BCUT2D eigenvalue weighted by molar-refractivity contribution is -0.121. The summed E-state index contributed by atoms with van der Waals surface area (Å²) < 4.78 is 2.13. The maximum atomic E-state index is 12.8. The summed E-state index contributed by atoms with van der Waals surface area (Å²) in [6.07, 6.45) is 9.16. The smallest absolute Gasteiger partial charge is 0.268 e. The molecule has 8 nitrogen and oxygen atoms in total. The number of piperidine rings is 1. The van der Waals surface area contributed by atoms with Gasteiger partial charge in [-0.1, -0.05) is 19.3 Å². The van der Waals surface area contributed by atoms with E-state index < -0.39 is 0 Å². The largest absolute Gasteiger partial charge is 0.348 e. The maximum absolute atomic E-state index is 12.8. The second-order valence-electron chi connectivity index (χ2n) is 8.79. The first kappa shape index (κ1) is 18.5. The van der Waals surface area contributed by atoms with Gasteiger partial charge in [-0.15, -0.1) is 0 Å². The molecule has 5 rings (SSSR count). The van der Waals surface area contributed by atoms with Crippen LogP contribution in [0.25, 0.3) is 11.0 Å². The van der Waals surface area contributed by atoms with Crippen LogP contribution in [0.4, 0.5) is 5.95 Å². The Balaban J connectivity index is 1.51. The fourth-order valence-corrected chi connectivity index (χ4v) is 5.33. The maximum Gasteiger partial charge on any atom is 0.268 e. The Morgan fingerprint density at radius 2 is 2.10 bits per heavy atom. The van der Waals surface area contributed by atoms with E-state index in [4.69, 9.17) is 4.98 Å². The normalized spacial score (nSPS) is 26.2. The van der Waals surface area contributed by atoms with E-state index in [1.807, 2.05) is 13.0 Å². The fourth-order valence-electron chi connectivity index (χ4n) is 5.33. The van der Waals surface area contributed by atoms with Crippen LogP contribution in [0.2, 0.25) is 0 Å². The van der Waals surface area contributed by atoms with Gasteiger partial charge in [-0.2, -0.15) is 4.98 Å². The molecule has 8 heteroatoms. The molecule has 1 saturated heterocycles. The Bertz CT molecular complexity index is 961. The second-order valence-corrected chi connectivity index (χ2v) is 8.79. The third kappa shape index (κ3) is 3.10. The van der Waals surface area contributed by atoms with Gasteiger partial charge in [0.1, 0.15) is 11.3 Å². The molecular weight excluding hydrogens is 368 g/mol. The number of amides is 2. The molecule has 0 aromatic carbocycles. The number of aromatic nitrogens is 3. The highest BCUT2D eigenvalue weighted by Crippen LogP contribution is 2.40. The van der Waals surface area contributed by atoms with Crippen molar-refractivity contribution in [1.29, 1.82) is 0 Å². The zero-order valence-corrected chi connectivity index (χ0v) is 16.8. The first-order valence-corrected chi connectivity index (χ1v) is 10.8. The highest BCUT2D eigenvalue weighted by Gasteiger charge is 2.41. The molecule has 2 fully saturated rings. The van der Waals surface area contributed by atoms with Crippen LogP contribution in [0.1, 0.15) is 62.4 Å². The lowest BCUT2D eigenvalue weighted by Gasteiger charge is -2.42. The summed E-state index contributed by atoms with van der Waals surface area (Å²) in [5.74, 6) is 0.129. The molecule has 2 aromatic rings. The van der Waals surface area contributed by atoms with Crippen LogP contribution >= 0.6 is 0 Å². The molecule has 0 unspecified atom stereocenters. The molecule has 2 atom stereocenters. The van der Waals surface area contributed by atoms with Gasteiger partial charge < -0.3 is 15.2 Å². The summed E-state index contributed by atoms with van der Waals surface area (Å²) in [6, 6.07) is 2.02. The first-order valence-electron chi connectivity index (χ1n) is 10.8. The molecule has 3 aliphatic rings. The Labute approximate surface area is 169 Å². The molecule has 2 amide bonds. The molecule has 2 aromatic heterocycles. The third-order valence-electron chi connectivity index (χ3n) is 6.94. The van der Waals surface area contributed by atoms with Crippen LogP contribution in [-0.2, 0) is 10.3 Å². The van der Waals surface area contributed by atoms with Gasteiger partial charge in [0.05, 0.1) is 11.5 Å². The van der Waals surface area contributed by atoms with Crippen molar-refractivity contribution < 1.29 is 9.59 Å². The zero-order chi connectivity index (χ0) is 20.0. The predicted octanol–water partition coefficient (Wildman–Crippen LogP) is 2.16. The second kappa shape index (κ2) is 7.09. The van der Waals surface area contributed by atoms with Crippen LogP contribution in [0.15, 0.2) is 12.3 Å². The molecule has 2 aliphatic heterocycles. The summed E-state index contributed by atoms with van der Waals surface area (Å²) in [7, 11) is 0. The molecule has 0 radical (unpaired) electrons. The number of hydrogen-bond donors (Lipinski definition) is 3. The van der Waals surface area contributed by atoms with Crippen LogP contribution in [-0.4, -0.2) is 45.5 Å². The number of nitrogens with one attached hydrogen (secondary N) is 3. The molecule has 0 bridgehead atoms. The summed E-state index contributed by atoms with van der Waals surface area (Å²) in [5.41, 5.74) is 1.27. The van der Waals surface area contributed by atoms with E-state index in [9.17, 15) is 9.59 Å². The van der Waals surface area contributed by atoms with E-state index in [0.29, 0.717) is 18.2 Å². The molecule has 1 spiro atoms. The number of hydrogen-bond acceptors (Lipinski definition) is 5. The lowest BCUT2D eigenvalue weighted by Crippen LogP contribution is -2.52. The molecule has 4 heterocycles. The van der Waals surface area contributed by atoms with Crippen molar-refractivity contribution in [2.45, 2.75) is 63.5 Å². The number of rotatable bonds is 2. The van der Waals surface area contributed by atoms with Crippen molar-refractivity contribution in [1.82, 2.24) is 25.2 Å². The van der Waals surface area contributed by atoms with Crippen molar-refractivity contribution in [2.75, 3.05) is 18.4 Å². The Morgan fingerprint density at radius 1 is 1.28 bits per heavy atom. The van der Waals surface area contributed by atoms with Gasteiger partial charge in [0.15, 0.2) is 0 Å². The minimum Gasteiger partial charge on any atom is -0.348 e. The topological polar surface area (TPSA) is 101 Å². The van der Waals surface area contributed by atoms with Crippen LogP contribution < -0.4 is 16.0 Å². The van der Waals surface area contributed by atoms with Gasteiger partial charge in [0, 0.05) is 24.2 Å². The van der Waals surface area contributed by atoms with E-state index in [1.165, 1.54) is 6.42 Å². The van der Waals surface area contributed by atoms with Crippen molar-refractivity contribution in [2.24, 2.45) is 5.92 Å². The van der Waals surface area contributed by atoms with Crippen molar-refractivity contribution in [3.63, 3.8) is 0 Å². The summed E-state index contributed by atoms with van der Waals surface area (Å²) in [4.78, 5) is 34.4. The molecular formula is C21H28N6O2. The van der Waals surface area contributed by atoms with Gasteiger partial charge in [0.2, 0.25) is 11.9 Å². The Kier molecular flexibility index (Phi) is 4.53. The van der Waals surface area contributed by atoms with Crippen LogP contribution in [0.3, 0.4) is 0 Å². The van der Waals surface area contributed by atoms with Crippen molar-refractivity contribution in [3.8, 4) is 0 Å². The number of carbonyl (C=O) groups excluding carboxylic acids is 2. The zero-order valence-electron chi connectivity index (χ0n) is 16.8. The van der Waals surface area contributed by atoms with Crippen LogP contribution in [0.5, 0.6) is 0 Å². The number of anilines is 1. The average molecular weight is 396 g/mol. The van der Waals surface area contributed by atoms with Crippen LogP contribution in [0, 0.1) is 5.92 Å². The summed E-state index contributed by atoms with van der Waals surface area (Å²) in [6.45, 7) is 3.63. The Hall–Kier alpha value is -2.48. The number of fused-ring (bicyclic) bond motifs is 4. The van der Waals surface area contributed by atoms with Gasteiger partial charge in [0.25, 0.3) is 5.91 Å². The standard InChI is InChI=1S/C21H28N6O2/c1-13-15(6-5-9-22-13)18(28)26-20-23-11-14-10-16-19(29)24-12-21(7-3-2-4-8-21)27(16)17(14)25-20/h10-11,13,15,22H,2-9,12H2,1H3,(H,24,29)(H,23,25,26,28)/t13-,15-/m1/s1. The van der Waals surface area contributed by atoms with Gasteiger partial charge >= 0.3 is 0 Å². The minimum absolute atomic E-state index is 0.0420. The van der Waals surface area contributed by atoms with E-state index in [1.54, 1.807) is 6.20 Å². The van der Waals surface area contributed by atoms with E-state index in [2.05, 4.69) is 25.5 Å². The number of carbonyl (C=O) groups is 2. The number of nitrogens with zero attached hydrogens (tertiary/aromatic N) is 3. The van der Waals surface area contributed by atoms with Gasteiger partial charge in [-0.3, -0.25) is 14.9 Å². The quantitative estimate of drug-likeness (QED) is 0.722. The highest BCUT2D eigenvalue weighted by atomic mass is 16.2. The van der Waals surface area contributed by atoms with Crippen molar-refractivity contribution in [3.05, 3.63) is 18.0 Å². The third-order valence-corrected chi connectivity index (χ3v) is 6.94. The first-order chi connectivity index (χ1) is 14.1.